The van der Waals surface area contributed by atoms with Gasteiger partial charge in [-0.1, -0.05) is 37.6 Å². The fourth-order valence-electron chi connectivity index (χ4n) is 3.76. The minimum atomic E-state index is -0.488. The summed E-state index contributed by atoms with van der Waals surface area (Å²) in [7, 11) is 0. The summed E-state index contributed by atoms with van der Waals surface area (Å²) in [5.74, 6) is 2.07. The van der Waals surface area contributed by atoms with Gasteiger partial charge >= 0.3 is 0 Å². The van der Waals surface area contributed by atoms with Gasteiger partial charge in [0, 0.05) is 18.7 Å². The van der Waals surface area contributed by atoms with Crippen LogP contribution in [0.15, 0.2) is 18.2 Å². The van der Waals surface area contributed by atoms with Crippen molar-refractivity contribution in [3.63, 3.8) is 0 Å². The minimum absolute atomic E-state index is 0.00245. The molecule has 1 saturated heterocycles. The van der Waals surface area contributed by atoms with Gasteiger partial charge in [0.05, 0.1) is 11.1 Å². The summed E-state index contributed by atoms with van der Waals surface area (Å²) in [6, 6.07) is 5.81. The summed E-state index contributed by atoms with van der Waals surface area (Å²) in [6.07, 6.45) is 0.775. The molecule has 2 aliphatic rings. The zero-order valence-corrected chi connectivity index (χ0v) is 12.8. The van der Waals surface area contributed by atoms with Crippen LogP contribution in [0, 0.1) is 11.8 Å². The molecule has 20 heavy (non-hydrogen) atoms. The molecule has 2 heterocycles. The van der Waals surface area contributed by atoms with Gasteiger partial charge in [-0.15, -0.1) is 0 Å². The van der Waals surface area contributed by atoms with Crippen molar-refractivity contribution in [3.8, 4) is 5.75 Å². The van der Waals surface area contributed by atoms with Crippen LogP contribution < -0.4 is 4.74 Å². The zero-order valence-electron chi connectivity index (χ0n) is 12.1. The molecule has 110 valence electrons. The molecule has 0 saturated carbocycles. The van der Waals surface area contributed by atoms with E-state index in [4.69, 9.17) is 16.3 Å². The van der Waals surface area contributed by atoms with E-state index in [0.717, 1.165) is 24.4 Å². The Bertz CT molecular complexity index is 483. The number of nitrogens with zero attached hydrogens (tertiary/aromatic N) is 1. The van der Waals surface area contributed by atoms with Crippen molar-refractivity contribution < 1.29 is 9.84 Å². The molecule has 1 aromatic carbocycles. The standard InChI is InChI=1S/C16H22ClNO2/c1-10-6-11(2)8-18(7-10)15-12-4-3-5-13(17)16(12)20-9-14(15)19/h3-5,10-11,14-15,19H,6-9H2,1-2H3. The van der Waals surface area contributed by atoms with Crippen molar-refractivity contribution in [2.45, 2.75) is 32.4 Å². The van der Waals surface area contributed by atoms with E-state index >= 15 is 0 Å². The summed E-state index contributed by atoms with van der Waals surface area (Å²) in [5, 5.41) is 11.1. The van der Waals surface area contributed by atoms with Gasteiger partial charge in [0.1, 0.15) is 18.5 Å². The van der Waals surface area contributed by atoms with E-state index in [1.807, 2.05) is 18.2 Å². The number of fused-ring (bicyclic) bond motifs is 1. The molecular formula is C16H22ClNO2. The van der Waals surface area contributed by atoms with E-state index in [9.17, 15) is 5.11 Å². The number of para-hydroxylation sites is 1. The highest BCUT2D eigenvalue weighted by atomic mass is 35.5. The number of aliphatic hydroxyl groups is 1. The Morgan fingerprint density at radius 3 is 2.65 bits per heavy atom. The first-order valence-electron chi connectivity index (χ1n) is 7.39. The molecule has 2 aliphatic heterocycles. The fraction of sp³-hybridized carbons (Fsp3) is 0.625. The normalized spacial score (nSPS) is 34.4. The monoisotopic (exact) mass is 295 g/mol. The number of benzene rings is 1. The number of hydrogen-bond acceptors (Lipinski definition) is 3. The van der Waals surface area contributed by atoms with Crippen LogP contribution in [0.25, 0.3) is 0 Å². The average molecular weight is 296 g/mol. The molecule has 0 amide bonds. The van der Waals surface area contributed by atoms with Gasteiger partial charge in [0.25, 0.3) is 0 Å². The SMILES string of the molecule is CC1CC(C)CN(C2c3cccc(Cl)c3OCC2O)C1. The number of halogens is 1. The lowest BCUT2D eigenvalue weighted by atomic mass is 9.87. The largest absolute Gasteiger partial charge is 0.489 e. The predicted molar refractivity (Wildman–Crippen MR) is 80.2 cm³/mol. The van der Waals surface area contributed by atoms with E-state index in [1.54, 1.807) is 0 Å². The Morgan fingerprint density at radius 1 is 1.25 bits per heavy atom. The Morgan fingerprint density at radius 2 is 1.95 bits per heavy atom. The van der Waals surface area contributed by atoms with E-state index in [1.165, 1.54) is 6.42 Å². The van der Waals surface area contributed by atoms with E-state index in [-0.39, 0.29) is 6.04 Å². The highest BCUT2D eigenvalue weighted by Crippen LogP contribution is 2.42. The molecule has 0 radical (unpaired) electrons. The van der Waals surface area contributed by atoms with Crippen molar-refractivity contribution >= 4 is 11.6 Å². The Kier molecular flexibility index (Phi) is 3.93. The van der Waals surface area contributed by atoms with Crippen LogP contribution in [0.2, 0.25) is 5.02 Å². The Balaban J connectivity index is 1.94. The zero-order chi connectivity index (χ0) is 14.3. The van der Waals surface area contributed by atoms with Gasteiger partial charge in [0.15, 0.2) is 0 Å². The van der Waals surface area contributed by atoms with Crippen LogP contribution >= 0.6 is 11.6 Å². The van der Waals surface area contributed by atoms with Gasteiger partial charge in [-0.25, -0.2) is 0 Å². The second-order valence-corrected chi connectivity index (χ2v) is 6.79. The second kappa shape index (κ2) is 5.55. The lowest BCUT2D eigenvalue weighted by molar-refractivity contribution is -0.0229. The van der Waals surface area contributed by atoms with Crippen LogP contribution in [0.3, 0.4) is 0 Å². The summed E-state index contributed by atoms with van der Waals surface area (Å²) < 4.78 is 5.63. The number of likely N-dealkylation sites (tertiary alicyclic amines) is 1. The first-order chi connectivity index (χ1) is 9.56. The highest BCUT2D eigenvalue weighted by molar-refractivity contribution is 6.32. The fourth-order valence-corrected chi connectivity index (χ4v) is 3.99. The van der Waals surface area contributed by atoms with Crippen LogP contribution in [0.5, 0.6) is 5.75 Å². The molecular weight excluding hydrogens is 274 g/mol. The number of aliphatic hydroxyl groups excluding tert-OH is 1. The van der Waals surface area contributed by atoms with Crippen molar-refractivity contribution in [1.82, 2.24) is 4.90 Å². The van der Waals surface area contributed by atoms with Gasteiger partial charge in [0.2, 0.25) is 0 Å². The van der Waals surface area contributed by atoms with Crippen molar-refractivity contribution in [2.75, 3.05) is 19.7 Å². The van der Waals surface area contributed by atoms with Gasteiger partial charge in [-0.05, 0) is 24.3 Å². The molecule has 4 atom stereocenters. The van der Waals surface area contributed by atoms with Crippen LogP contribution in [0.1, 0.15) is 31.9 Å². The van der Waals surface area contributed by atoms with Gasteiger partial charge in [-0.2, -0.15) is 0 Å². The lowest BCUT2D eigenvalue weighted by Crippen LogP contribution is -2.48. The lowest BCUT2D eigenvalue weighted by Gasteiger charge is -2.44. The minimum Gasteiger partial charge on any atom is -0.489 e. The summed E-state index contributed by atoms with van der Waals surface area (Å²) in [5.41, 5.74) is 1.03. The molecule has 3 nitrogen and oxygen atoms in total. The number of hydrogen-bond donors (Lipinski definition) is 1. The van der Waals surface area contributed by atoms with Crippen LogP contribution in [-0.2, 0) is 0 Å². The first-order valence-corrected chi connectivity index (χ1v) is 7.77. The van der Waals surface area contributed by atoms with E-state index < -0.39 is 6.10 Å². The Labute approximate surface area is 125 Å². The molecule has 1 N–H and O–H groups in total. The third-order valence-electron chi connectivity index (χ3n) is 4.37. The summed E-state index contributed by atoms with van der Waals surface area (Å²) >= 11 is 6.23. The third-order valence-corrected chi connectivity index (χ3v) is 4.67. The molecule has 4 heteroatoms. The predicted octanol–water partition coefficient (Wildman–Crippen LogP) is 3.11. The summed E-state index contributed by atoms with van der Waals surface area (Å²) in [4.78, 5) is 2.40. The smallest absolute Gasteiger partial charge is 0.142 e. The maximum absolute atomic E-state index is 10.4. The molecule has 3 rings (SSSR count). The molecule has 0 aromatic heterocycles. The summed E-state index contributed by atoms with van der Waals surface area (Å²) in [6.45, 7) is 6.94. The van der Waals surface area contributed by atoms with Gasteiger partial charge in [-0.3, -0.25) is 4.90 Å². The van der Waals surface area contributed by atoms with Gasteiger partial charge < -0.3 is 9.84 Å². The second-order valence-electron chi connectivity index (χ2n) is 6.38. The van der Waals surface area contributed by atoms with Crippen molar-refractivity contribution in [1.29, 1.82) is 0 Å². The molecule has 0 aliphatic carbocycles. The molecule has 0 bridgehead atoms. The number of piperidine rings is 1. The topological polar surface area (TPSA) is 32.7 Å². The highest BCUT2D eigenvalue weighted by Gasteiger charge is 2.37. The van der Waals surface area contributed by atoms with Crippen molar-refractivity contribution in [3.05, 3.63) is 28.8 Å². The molecule has 0 spiro atoms. The van der Waals surface area contributed by atoms with E-state index in [0.29, 0.717) is 23.5 Å². The van der Waals surface area contributed by atoms with Crippen LogP contribution in [0.4, 0.5) is 0 Å². The maximum Gasteiger partial charge on any atom is 0.142 e. The van der Waals surface area contributed by atoms with Crippen molar-refractivity contribution in [2.24, 2.45) is 11.8 Å². The quantitative estimate of drug-likeness (QED) is 0.864. The maximum atomic E-state index is 10.4. The average Bonchev–Trinajstić information content (AvgIpc) is 2.37. The van der Waals surface area contributed by atoms with E-state index in [2.05, 4.69) is 18.7 Å². The number of ether oxygens (including phenoxy) is 1. The first kappa shape index (κ1) is 14.2. The van der Waals surface area contributed by atoms with Crippen LogP contribution in [-0.4, -0.2) is 35.8 Å². The Hall–Kier alpha value is -0.770. The molecule has 4 unspecified atom stereocenters. The molecule has 1 fully saturated rings. The third kappa shape index (κ3) is 2.54. The molecule has 1 aromatic rings. The number of rotatable bonds is 1.